The first kappa shape index (κ1) is 12.5. The van der Waals surface area contributed by atoms with Gasteiger partial charge in [-0.2, -0.15) is 0 Å². The highest BCUT2D eigenvalue weighted by molar-refractivity contribution is 5.95. The lowest BCUT2D eigenvalue weighted by Gasteiger charge is -2.06. The van der Waals surface area contributed by atoms with Gasteiger partial charge in [0.15, 0.2) is 11.5 Å². The SMILES string of the molecule is CCCc1c(C(=O)CC)nnn1-c1ccccc1. The number of hydrogen-bond donors (Lipinski definition) is 0. The molecule has 18 heavy (non-hydrogen) atoms. The van der Waals surface area contributed by atoms with Crippen LogP contribution >= 0.6 is 0 Å². The molecule has 0 aliphatic carbocycles. The molecule has 4 nitrogen and oxygen atoms in total. The van der Waals surface area contributed by atoms with Crippen LogP contribution in [-0.4, -0.2) is 20.8 Å². The fourth-order valence-corrected chi connectivity index (χ4v) is 1.92. The average Bonchev–Trinajstić information content (AvgIpc) is 2.83. The molecule has 0 saturated carbocycles. The van der Waals surface area contributed by atoms with Crippen molar-refractivity contribution in [3.05, 3.63) is 41.7 Å². The maximum Gasteiger partial charge on any atom is 0.184 e. The van der Waals surface area contributed by atoms with E-state index >= 15 is 0 Å². The molecular weight excluding hydrogens is 226 g/mol. The summed E-state index contributed by atoms with van der Waals surface area (Å²) in [5.41, 5.74) is 2.38. The van der Waals surface area contributed by atoms with E-state index in [2.05, 4.69) is 17.2 Å². The molecule has 0 amide bonds. The highest BCUT2D eigenvalue weighted by Gasteiger charge is 2.18. The fourth-order valence-electron chi connectivity index (χ4n) is 1.92. The van der Waals surface area contributed by atoms with E-state index in [4.69, 9.17) is 0 Å². The Hall–Kier alpha value is -1.97. The molecule has 0 atom stereocenters. The number of carbonyl (C=O) groups excluding carboxylic acids is 1. The minimum absolute atomic E-state index is 0.0561. The molecule has 2 rings (SSSR count). The van der Waals surface area contributed by atoms with Gasteiger partial charge in [0.05, 0.1) is 11.4 Å². The van der Waals surface area contributed by atoms with Gasteiger partial charge in [-0.3, -0.25) is 4.79 Å². The van der Waals surface area contributed by atoms with Crippen LogP contribution in [0.5, 0.6) is 0 Å². The minimum Gasteiger partial charge on any atom is -0.292 e. The highest BCUT2D eigenvalue weighted by atomic mass is 16.1. The summed E-state index contributed by atoms with van der Waals surface area (Å²) in [7, 11) is 0. The van der Waals surface area contributed by atoms with Gasteiger partial charge < -0.3 is 0 Å². The normalized spacial score (nSPS) is 10.6. The maximum atomic E-state index is 11.8. The lowest BCUT2D eigenvalue weighted by Crippen LogP contribution is -2.06. The van der Waals surface area contributed by atoms with Crippen LogP contribution in [0.3, 0.4) is 0 Å². The van der Waals surface area contributed by atoms with Gasteiger partial charge in [0.25, 0.3) is 0 Å². The Balaban J connectivity index is 2.48. The molecule has 0 saturated heterocycles. The summed E-state index contributed by atoms with van der Waals surface area (Å²) >= 11 is 0. The maximum absolute atomic E-state index is 11.8. The predicted molar refractivity (Wildman–Crippen MR) is 70.0 cm³/mol. The van der Waals surface area contributed by atoms with Crippen LogP contribution in [0.25, 0.3) is 5.69 Å². The summed E-state index contributed by atoms with van der Waals surface area (Å²) in [6.07, 6.45) is 2.23. The second-order valence-corrected chi connectivity index (χ2v) is 4.16. The monoisotopic (exact) mass is 243 g/mol. The van der Waals surface area contributed by atoms with Gasteiger partial charge in [-0.25, -0.2) is 4.68 Å². The van der Waals surface area contributed by atoms with Crippen LogP contribution in [0.1, 0.15) is 42.9 Å². The van der Waals surface area contributed by atoms with Crippen LogP contribution in [0.15, 0.2) is 30.3 Å². The highest BCUT2D eigenvalue weighted by Crippen LogP contribution is 2.15. The van der Waals surface area contributed by atoms with Crippen molar-refractivity contribution in [1.29, 1.82) is 0 Å². The van der Waals surface area contributed by atoms with Gasteiger partial charge in [0.1, 0.15) is 0 Å². The van der Waals surface area contributed by atoms with E-state index < -0.39 is 0 Å². The van der Waals surface area contributed by atoms with Crippen LogP contribution in [-0.2, 0) is 6.42 Å². The van der Waals surface area contributed by atoms with Gasteiger partial charge in [-0.15, -0.1) is 5.10 Å². The number of para-hydroxylation sites is 1. The van der Waals surface area contributed by atoms with Crippen LogP contribution in [0, 0.1) is 0 Å². The van der Waals surface area contributed by atoms with Crippen LogP contribution < -0.4 is 0 Å². The fraction of sp³-hybridized carbons (Fsp3) is 0.357. The van der Waals surface area contributed by atoms with Crippen molar-refractivity contribution >= 4 is 5.78 Å². The number of nitrogens with zero attached hydrogens (tertiary/aromatic N) is 3. The second-order valence-electron chi connectivity index (χ2n) is 4.16. The Morgan fingerprint density at radius 1 is 1.22 bits per heavy atom. The second kappa shape index (κ2) is 5.58. The first-order valence-corrected chi connectivity index (χ1v) is 6.31. The first-order valence-electron chi connectivity index (χ1n) is 6.31. The van der Waals surface area contributed by atoms with E-state index in [9.17, 15) is 4.79 Å². The Labute approximate surface area is 107 Å². The summed E-state index contributed by atoms with van der Waals surface area (Å²) in [6, 6.07) is 9.79. The number of rotatable bonds is 5. The molecule has 1 aromatic heterocycles. The molecule has 0 radical (unpaired) electrons. The molecule has 94 valence electrons. The van der Waals surface area contributed by atoms with Crippen molar-refractivity contribution in [2.45, 2.75) is 33.1 Å². The lowest BCUT2D eigenvalue weighted by molar-refractivity contribution is 0.0982. The van der Waals surface area contributed by atoms with E-state index in [0.29, 0.717) is 12.1 Å². The molecule has 1 heterocycles. The third-order valence-corrected chi connectivity index (χ3v) is 2.84. The Bertz CT molecular complexity index is 531. The number of Topliss-reactive ketones (excluding diaryl/α,β-unsaturated/α-hetero) is 1. The van der Waals surface area contributed by atoms with Crippen molar-refractivity contribution in [3.63, 3.8) is 0 Å². The summed E-state index contributed by atoms with van der Waals surface area (Å²) in [4.78, 5) is 11.8. The molecule has 0 aliphatic heterocycles. The van der Waals surface area contributed by atoms with Crippen molar-refractivity contribution < 1.29 is 4.79 Å². The van der Waals surface area contributed by atoms with E-state index in [1.54, 1.807) is 4.68 Å². The Morgan fingerprint density at radius 3 is 2.56 bits per heavy atom. The molecule has 4 heteroatoms. The Kier molecular flexibility index (Phi) is 3.87. The molecule has 0 aliphatic rings. The Morgan fingerprint density at radius 2 is 1.94 bits per heavy atom. The molecule has 0 bridgehead atoms. The zero-order chi connectivity index (χ0) is 13.0. The van der Waals surface area contributed by atoms with Gasteiger partial charge in [-0.1, -0.05) is 43.7 Å². The van der Waals surface area contributed by atoms with Crippen molar-refractivity contribution in [2.75, 3.05) is 0 Å². The quantitative estimate of drug-likeness (QED) is 0.759. The smallest absolute Gasteiger partial charge is 0.184 e. The zero-order valence-electron chi connectivity index (χ0n) is 10.8. The molecule has 0 N–H and O–H groups in total. The largest absolute Gasteiger partial charge is 0.292 e. The van der Waals surface area contributed by atoms with Crippen molar-refractivity contribution in [2.24, 2.45) is 0 Å². The molecule has 1 aromatic carbocycles. The van der Waals surface area contributed by atoms with Gasteiger partial charge >= 0.3 is 0 Å². The molecule has 0 fully saturated rings. The molecule has 0 unspecified atom stereocenters. The van der Waals surface area contributed by atoms with Gasteiger partial charge in [-0.05, 0) is 18.6 Å². The number of carbonyl (C=O) groups is 1. The summed E-state index contributed by atoms with van der Waals surface area (Å²) in [5.74, 6) is 0.0561. The average molecular weight is 243 g/mol. The van der Waals surface area contributed by atoms with Crippen molar-refractivity contribution in [3.8, 4) is 5.69 Å². The summed E-state index contributed by atoms with van der Waals surface area (Å²) in [5, 5.41) is 8.17. The van der Waals surface area contributed by atoms with Crippen molar-refractivity contribution in [1.82, 2.24) is 15.0 Å². The van der Waals surface area contributed by atoms with E-state index in [-0.39, 0.29) is 5.78 Å². The zero-order valence-corrected chi connectivity index (χ0v) is 10.8. The molecular formula is C14H17N3O. The van der Waals surface area contributed by atoms with Gasteiger partial charge in [0, 0.05) is 6.42 Å². The predicted octanol–water partition coefficient (Wildman–Crippen LogP) is 2.81. The summed E-state index contributed by atoms with van der Waals surface area (Å²) in [6.45, 7) is 3.93. The first-order chi connectivity index (χ1) is 8.77. The van der Waals surface area contributed by atoms with Crippen LogP contribution in [0.4, 0.5) is 0 Å². The molecule has 2 aromatic rings. The number of benzene rings is 1. The lowest BCUT2D eigenvalue weighted by atomic mass is 10.1. The van der Waals surface area contributed by atoms with E-state index in [0.717, 1.165) is 24.2 Å². The standard InChI is InChI=1S/C14H17N3O/c1-3-8-12-14(13(18)4-2)15-16-17(12)11-9-6-5-7-10-11/h5-7,9-10H,3-4,8H2,1-2H3. The number of aromatic nitrogens is 3. The summed E-state index contributed by atoms with van der Waals surface area (Å²) < 4.78 is 1.77. The van der Waals surface area contributed by atoms with Gasteiger partial charge in [0.2, 0.25) is 0 Å². The topological polar surface area (TPSA) is 47.8 Å². The van der Waals surface area contributed by atoms with Crippen LogP contribution in [0.2, 0.25) is 0 Å². The van der Waals surface area contributed by atoms with E-state index in [1.165, 1.54) is 0 Å². The third kappa shape index (κ3) is 2.32. The van der Waals surface area contributed by atoms with E-state index in [1.807, 2.05) is 37.3 Å². The third-order valence-electron chi connectivity index (χ3n) is 2.84. The number of ketones is 1. The number of hydrogen-bond acceptors (Lipinski definition) is 3. The minimum atomic E-state index is 0.0561. The molecule has 0 spiro atoms.